The Kier molecular flexibility index (Phi) is 7.62. The number of nitro groups is 1. The van der Waals surface area contributed by atoms with Gasteiger partial charge in [0, 0.05) is 38.8 Å². The van der Waals surface area contributed by atoms with Crippen LogP contribution in [-0.4, -0.2) is 73.0 Å². The number of carbonyl (C=O) groups is 1. The molecule has 0 radical (unpaired) electrons. The van der Waals surface area contributed by atoms with Crippen molar-refractivity contribution in [3.63, 3.8) is 0 Å². The van der Waals surface area contributed by atoms with E-state index in [4.69, 9.17) is 0 Å². The second kappa shape index (κ2) is 9.95. The molecule has 0 aromatic heterocycles. The van der Waals surface area contributed by atoms with Gasteiger partial charge in [-0.05, 0) is 25.6 Å². The van der Waals surface area contributed by atoms with Crippen molar-refractivity contribution in [3.8, 4) is 0 Å². The molecule has 0 unspecified atom stereocenters. The highest BCUT2D eigenvalue weighted by Crippen LogP contribution is 2.22. The van der Waals surface area contributed by atoms with Crippen LogP contribution in [-0.2, 0) is 4.79 Å². The van der Waals surface area contributed by atoms with Crippen molar-refractivity contribution in [1.82, 2.24) is 15.1 Å². The summed E-state index contributed by atoms with van der Waals surface area (Å²) in [7, 11) is 0. The number of piperazine rings is 1. The maximum Gasteiger partial charge on any atom is 0.292 e. The van der Waals surface area contributed by atoms with Crippen molar-refractivity contribution in [2.24, 2.45) is 0 Å². The number of nitrogens with one attached hydrogen (secondary N) is 2. The molecular weight excluding hydrogens is 322 g/mol. The summed E-state index contributed by atoms with van der Waals surface area (Å²) < 4.78 is 0. The van der Waals surface area contributed by atoms with E-state index < -0.39 is 4.92 Å². The fourth-order valence-electron chi connectivity index (χ4n) is 2.88. The number of para-hydroxylation sites is 2. The van der Waals surface area contributed by atoms with Crippen LogP contribution < -0.4 is 10.6 Å². The summed E-state index contributed by atoms with van der Waals surface area (Å²) >= 11 is 0. The van der Waals surface area contributed by atoms with Gasteiger partial charge in [-0.15, -0.1) is 0 Å². The molecule has 1 heterocycles. The molecule has 1 amide bonds. The third-order valence-corrected chi connectivity index (χ3v) is 4.43. The lowest BCUT2D eigenvalue weighted by Gasteiger charge is -2.33. The Morgan fingerprint density at radius 2 is 1.88 bits per heavy atom. The maximum atomic E-state index is 11.9. The number of benzene rings is 1. The number of anilines is 1. The maximum absolute atomic E-state index is 11.9. The third-order valence-electron chi connectivity index (χ3n) is 4.43. The predicted molar refractivity (Wildman–Crippen MR) is 97.8 cm³/mol. The minimum absolute atomic E-state index is 0.0264. The van der Waals surface area contributed by atoms with E-state index >= 15 is 0 Å². The molecule has 0 saturated carbocycles. The van der Waals surface area contributed by atoms with Gasteiger partial charge in [0.2, 0.25) is 5.91 Å². The van der Waals surface area contributed by atoms with Crippen molar-refractivity contribution >= 4 is 17.3 Å². The van der Waals surface area contributed by atoms with Crippen molar-refractivity contribution in [1.29, 1.82) is 0 Å². The van der Waals surface area contributed by atoms with Crippen molar-refractivity contribution in [2.45, 2.75) is 13.3 Å². The lowest BCUT2D eigenvalue weighted by atomic mass is 10.2. The minimum atomic E-state index is -0.460. The molecule has 25 heavy (non-hydrogen) atoms. The highest BCUT2D eigenvalue weighted by Gasteiger charge is 2.15. The highest BCUT2D eigenvalue weighted by atomic mass is 16.6. The van der Waals surface area contributed by atoms with Gasteiger partial charge in [-0.1, -0.05) is 19.1 Å². The first-order valence-electron chi connectivity index (χ1n) is 8.79. The zero-order valence-electron chi connectivity index (χ0n) is 14.7. The molecule has 2 rings (SSSR count). The van der Waals surface area contributed by atoms with Crippen LogP contribution in [0.5, 0.6) is 0 Å². The smallest absolute Gasteiger partial charge is 0.292 e. The Morgan fingerprint density at radius 1 is 1.20 bits per heavy atom. The summed E-state index contributed by atoms with van der Waals surface area (Å²) in [5.41, 5.74) is 0.331. The van der Waals surface area contributed by atoms with Crippen LogP contribution >= 0.6 is 0 Å². The average Bonchev–Trinajstić information content (AvgIpc) is 2.64. The van der Waals surface area contributed by atoms with E-state index in [9.17, 15) is 14.9 Å². The van der Waals surface area contributed by atoms with Crippen LogP contribution in [0.2, 0.25) is 0 Å². The first kappa shape index (κ1) is 19.1. The molecule has 0 bridgehead atoms. The number of hydrogen-bond donors (Lipinski definition) is 2. The Morgan fingerprint density at radius 3 is 2.56 bits per heavy atom. The largest absolute Gasteiger partial charge is 0.371 e. The molecule has 1 aliphatic heterocycles. The molecule has 138 valence electrons. The van der Waals surface area contributed by atoms with Gasteiger partial charge in [0.1, 0.15) is 5.69 Å². The lowest BCUT2D eigenvalue weighted by Crippen LogP contribution is -2.46. The van der Waals surface area contributed by atoms with Gasteiger partial charge in [0.05, 0.1) is 11.5 Å². The third kappa shape index (κ3) is 6.32. The topological polar surface area (TPSA) is 90.8 Å². The van der Waals surface area contributed by atoms with Crippen LogP contribution in [0.25, 0.3) is 0 Å². The SMILES string of the molecule is CCN1CCN(CCCNC(=O)CNc2ccccc2[N+](=O)[O-])CC1. The van der Waals surface area contributed by atoms with E-state index in [1.54, 1.807) is 18.2 Å². The molecule has 8 nitrogen and oxygen atoms in total. The number of amides is 1. The summed E-state index contributed by atoms with van der Waals surface area (Å²) in [6, 6.07) is 6.31. The molecule has 8 heteroatoms. The quantitative estimate of drug-likeness (QED) is 0.395. The van der Waals surface area contributed by atoms with Gasteiger partial charge < -0.3 is 20.4 Å². The molecule has 1 aromatic carbocycles. The Balaban J connectivity index is 1.61. The fraction of sp³-hybridized carbons (Fsp3) is 0.588. The standard InChI is InChI=1S/C17H27N5O3/c1-2-20-10-12-21(13-11-20)9-5-8-18-17(23)14-19-15-6-3-4-7-16(15)22(24)25/h3-4,6-7,19H,2,5,8-14H2,1H3,(H,18,23). The normalized spacial score (nSPS) is 15.7. The number of nitro benzene ring substituents is 1. The van der Waals surface area contributed by atoms with Crippen LogP contribution in [0.3, 0.4) is 0 Å². The van der Waals surface area contributed by atoms with Crippen molar-refractivity contribution < 1.29 is 9.72 Å². The second-order valence-corrected chi connectivity index (χ2v) is 6.11. The predicted octanol–water partition coefficient (Wildman–Crippen LogP) is 1.15. The highest BCUT2D eigenvalue weighted by molar-refractivity contribution is 5.81. The van der Waals surface area contributed by atoms with Gasteiger partial charge in [0.15, 0.2) is 0 Å². The van der Waals surface area contributed by atoms with E-state index in [2.05, 4.69) is 27.4 Å². The average molecular weight is 349 g/mol. The van der Waals surface area contributed by atoms with Gasteiger partial charge >= 0.3 is 0 Å². The fourth-order valence-corrected chi connectivity index (χ4v) is 2.88. The molecule has 0 spiro atoms. The van der Waals surface area contributed by atoms with E-state index in [0.29, 0.717) is 12.2 Å². The first-order valence-corrected chi connectivity index (χ1v) is 8.79. The Hall–Kier alpha value is -2.19. The number of hydrogen-bond acceptors (Lipinski definition) is 6. The number of likely N-dealkylation sites (N-methyl/N-ethyl adjacent to an activating group) is 1. The van der Waals surface area contributed by atoms with E-state index in [1.807, 2.05) is 0 Å². The zero-order chi connectivity index (χ0) is 18.1. The molecule has 0 aliphatic carbocycles. The van der Waals surface area contributed by atoms with Crippen LogP contribution in [0.15, 0.2) is 24.3 Å². The molecule has 1 saturated heterocycles. The summed E-state index contributed by atoms with van der Waals surface area (Å²) in [4.78, 5) is 27.2. The summed E-state index contributed by atoms with van der Waals surface area (Å²) in [6.07, 6.45) is 0.906. The summed E-state index contributed by atoms with van der Waals surface area (Å²) in [6.45, 7) is 9.31. The zero-order valence-corrected chi connectivity index (χ0v) is 14.7. The van der Waals surface area contributed by atoms with Crippen molar-refractivity contribution in [3.05, 3.63) is 34.4 Å². The van der Waals surface area contributed by atoms with Crippen molar-refractivity contribution in [2.75, 3.05) is 57.7 Å². The molecule has 1 fully saturated rings. The van der Waals surface area contributed by atoms with Gasteiger partial charge in [-0.2, -0.15) is 0 Å². The number of carbonyl (C=O) groups excluding carboxylic acids is 1. The summed E-state index contributed by atoms with van der Waals surface area (Å²) in [5, 5.41) is 16.6. The molecule has 1 aromatic rings. The van der Waals surface area contributed by atoms with E-state index in [1.165, 1.54) is 6.07 Å². The van der Waals surface area contributed by atoms with Crippen LogP contribution in [0.1, 0.15) is 13.3 Å². The van der Waals surface area contributed by atoms with Gasteiger partial charge in [0.25, 0.3) is 5.69 Å². The molecular formula is C17H27N5O3. The minimum Gasteiger partial charge on any atom is -0.371 e. The Bertz CT molecular complexity index is 573. The van der Waals surface area contributed by atoms with E-state index in [0.717, 1.165) is 45.7 Å². The van der Waals surface area contributed by atoms with Crippen LogP contribution in [0.4, 0.5) is 11.4 Å². The monoisotopic (exact) mass is 349 g/mol. The van der Waals surface area contributed by atoms with E-state index in [-0.39, 0.29) is 18.1 Å². The van der Waals surface area contributed by atoms with Gasteiger partial charge in [-0.3, -0.25) is 14.9 Å². The lowest BCUT2D eigenvalue weighted by molar-refractivity contribution is -0.383. The number of rotatable bonds is 9. The molecule has 1 aliphatic rings. The number of nitrogens with zero attached hydrogens (tertiary/aromatic N) is 3. The molecule has 2 N–H and O–H groups in total. The first-order chi connectivity index (χ1) is 12.1. The molecule has 0 atom stereocenters. The summed E-state index contributed by atoms with van der Waals surface area (Å²) in [5.74, 6) is -0.158. The Labute approximate surface area is 148 Å². The van der Waals surface area contributed by atoms with Crippen LogP contribution in [0, 0.1) is 10.1 Å². The van der Waals surface area contributed by atoms with Gasteiger partial charge in [-0.25, -0.2) is 0 Å². The second-order valence-electron chi connectivity index (χ2n) is 6.11.